The smallest absolute Gasteiger partial charge is 0.234 e. The van der Waals surface area contributed by atoms with Gasteiger partial charge in [-0.1, -0.05) is 0 Å². The molecule has 1 rings (SSSR count). The molecule has 0 bridgehead atoms. The number of carbonyl (C=O) groups excluding carboxylic acids is 1. The van der Waals surface area contributed by atoms with Gasteiger partial charge in [-0.05, 0) is 37.3 Å². The van der Waals surface area contributed by atoms with Gasteiger partial charge in [0.2, 0.25) is 5.91 Å². The molecule has 0 aromatic heterocycles. The Balaban J connectivity index is 2.11. The third-order valence-electron chi connectivity index (χ3n) is 2.16. The Morgan fingerprint density at radius 1 is 1.83 bits per heavy atom. The second-order valence-corrected chi connectivity index (χ2v) is 4.41. The van der Waals surface area contributed by atoms with E-state index in [1.54, 1.807) is 0 Å². The van der Waals surface area contributed by atoms with Crippen LogP contribution in [0.4, 0.5) is 0 Å². The number of thioether (sulfide) groups is 1. The highest BCUT2D eigenvalue weighted by Crippen LogP contribution is 2.22. The van der Waals surface area contributed by atoms with Crippen LogP contribution in [0.3, 0.4) is 0 Å². The van der Waals surface area contributed by atoms with Gasteiger partial charge in [-0.25, -0.2) is 0 Å². The van der Waals surface area contributed by atoms with Gasteiger partial charge in [-0.15, -0.1) is 0 Å². The monoisotopic (exact) mass is 188 g/mol. The molecule has 4 heteroatoms. The van der Waals surface area contributed by atoms with Crippen molar-refractivity contribution >= 4 is 17.7 Å². The van der Waals surface area contributed by atoms with Crippen molar-refractivity contribution in [2.45, 2.75) is 19.4 Å². The van der Waals surface area contributed by atoms with E-state index in [0.29, 0.717) is 0 Å². The van der Waals surface area contributed by atoms with E-state index in [0.717, 1.165) is 12.5 Å². The zero-order valence-corrected chi connectivity index (χ0v) is 8.19. The fourth-order valence-electron chi connectivity index (χ4n) is 1.19. The first-order chi connectivity index (χ1) is 5.70. The zero-order valence-electron chi connectivity index (χ0n) is 7.38. The Morgan fingerprint density at radius 2 is 2.58 bits per heavy atom. The van der Waals surface area contributed by atoms with Gasteiger partial charge in [-0.3, -0.25) is 4.79 Å². The zero-order chi connectivity index (χ0) is 8.97. The predicted molar refractivity (Wildman–Crippen MR) is 52.1 cm³/mol. The first-order valence-corrected chi connectivity index (χ1v) is 5.46. The summed E-state index contributed by atoms with van der Waals surface area (Å²) in [6, 6.07) is -0.185. The van der Waals surface area contributed by atoms with Crippen LogP contribution in [0.2, 0.25) is 0 Å². The number of rotatable bonds is 4. The van der Waals surface area contributed by atoms with Crippen molar-refractivity contribution in [3.8, 4) is 0 Å². The van der Waals surface area contributed by atoms with E-state index in [-0.39, 0.29) is 11.9 Å². The van der Waals surface area contributed by atoms with Crippen molar-refractivity contribution < 1.29 is 4.79 Å². The summed E-state index contributed by atoms with van der Waals surface area (Å²) < 4.78 is 0. The van der Waals surface area contributed by atoms with Crippen LogP contribution in [0, 0.1) is 5.92 Å². The largest absolute Gasteiger partial charge is 0.368 e. The molecule has 12 heavy (non-hydrogen) atoms. The Bertz CT molecular complexity index is 157. The Kier molecular flexibility index (Phi) is 3.88. The number of hydrogen-bond donors (Lipinski definition) is 2. The standard InChI is InChI=1S/C8H16N2OS/c1-6(8(9)11)10-4-7-2-3-12-5-7/h6-7,10H,2-5H2,1H3,(H2,9,11). The molecule has 1 aliphatic heterocycles. The van der Waals surface area contributed by atoms with E-state index in [4.69, 9.17) is 5.73 Å². The Hall–Kier alpha value is -0.220. The van der Waals surface area contributed by atoms with Crippen LogP contribution in [0.5, 0.6) is 0 Å². The summed E-state index contributed by atoms with van der Waals surface area (Å²) >= 11 is 1.99. The van der Waals surface area contributed by atoms with Crippen LogP contribution in [0.25, 0.3) is 0 Å². The normalized spacial score (nSPS) is 25.6. The lowest BCUT2D eigenvalue weighted by atomic mass is 10.1. The summed E-state index contributed by atoms with van der Waals surface area (Å²) in [4.78, 5) is 10.7. The second-order valence-electron chi connectivity index (χ2n) is 3.26. The van der Waals surface area contributed by atoms with Crippen LogP contribution < -0.4 is 11.1 Å². The number of nitrogens with one attached hydrogen (secondary N) is 1. The van der Waals surface area contributed by atoms with Gasteiger partial charge in [0.05, 0.1) is 6.04 Å². The van der Waals surface area contributed by atoms with Crippen molar-refractivity contribution in [1.29, 1.82) is 0 Å². The lowest BCUT2D eigenvalue weighted by Crippen LogP contribution is -2.41. The molecule has 70 valence electrons. The molecule has 3 nitrogen and oxygen atoms in total. The highest BCUT2D eigenvalue weighted by molar-refractivity contribution is 7.99. The Morgan fingerprint density at radius 3 is 3.08 bits per heavy atom. The number of carbonyl (C=O) groups is 1. The van der Waals surface area contributed by atoms with Crippen molar-refractivity contribution in [3.63, 3.8) is 0 Å². The molecule has 0 aromatic rings. The maximum absolute atomic E-state index is 10.7. The van der Waals surface area contributed by atoms with Gasteiger partial charge in [0, 0.05) is 0 Å². The van der Waals surface area contributed by atoms with E-state index in [1.165, 1.54) is 17.9 Å². The molecule has 3 N–H and O–H groups in total. The lowest BCUT2D eigenvalue weighted by molar-refractivity contribution is -0.119. The van der Waals surface area contributed by atoms with E-state index < -0.39 is 0 Å². The first kappa shape index (κ1) is 9.86. The summed E-state index contributed by atoms with van der Waals surface area (Å²) in [5.41, 5.74) is 5.11. The predicted octanol–water partition coefficient (Wildman–Crippen LogP) is 0.203. The summed E-state index contributed by atoms with van der Waals surface area (Å²) in [5, 5.41) is 3.14. The summed E-state index contributed by atoms with van der Waals surface area (Å²) in [5.74, 6) is 2.95. The number of primary amides is 1. The van der Waals surface area contributed by atoms with Crippen LogP contribution in [-0.4, -0.2) is 30.0 Å². The van der Waals surface area contributed by atoms with Crippen LogP contribution >= 0.6 is 11.8 Å². The van der Waals surface area contributed by atoms with E-state index >= 15 is 0 Å². The third-order valence-corrected chi connectivity index (χ3v) is 3.39. The molecule has 2 atom stereocenters. The fourth-order valence-corrected chi connectivity index (χ4v) is 2.47. The minimum atomic E-state index is -0.263. The molecule has 0 saturated carbocycles. The quantitative estimate of drug-likeness (QED) is 0.663. The first-order valence-electron chi connectivity index (χ1n) is 4.30. The molecule has 0 spiro atoms. The van der Waals surface area contributed by atoms with Crippen molar-refractivity contribution in [1.82, 2.24) is 5.32 Å². The van der Waals surface area contributed by atoms with Gasteiger partial charge in [-0.2, -0.15) is 11.8 Å². The molecule has 1 fully saturated rings. The van der Waals surface area contributed by atoms with Crippen LogP contribution in [0.15, 0.2) is 0 Å². The average molecular weight is 188 g/mol. The SMILES string of the molecule is CC(NCC1CCSC1)C(N)=O. The molecule has 0 aliphatic carbocycles. The fraction of sp³-hybridized carbons (Fsp3) is 0.875. The van der Waals surface area contributed by atoms with Crippen LogP contribution in [0.1, 0.15) is 13.3 Å². The molecule has 0 radical (unpaired) electrons. The third kappa shape index (κ3) is 3.03. The molecule has 1 aliphatic rings. The van der Waals surface area contributed by atoms with Gasteiger partial charge in [0.25, 0.3) is 0 Å². The lowest BCUT2D eigenvalue weighted by Gasteiger charge is -2.13. The average Bonchev–Trinajstić information content (AvgIpc) is 2.51. The molecular formula is C8H16N2OS. The minimum absolute atomic E-state index is 0.185. The van der Waals surface area contributed by atoms with Gasteiger partial charge in [0.15, 0.2) is 0 Å². The second kappa shape index (κ2) is 4.72. The number of nitrogens with two attached hydrogens (primary N) is 1. The highest BCUT2D eigenvalue weighted by atomic mass is 32.2. The Labute approximate surface area is 77.5 Å². The minimum Gasteiger partial charge on any atom is -0.368 e. The van der Waals surface area contributed by atoms with Crippen molar-refractivity contribution in [2.24, 2.45) is 11.7 Å². The van der Waals surface area contributed by atoms with Crippen molar-refractivity contribution in [2.75, 3.05) is 18.1 Å². The van der Waals surface area contributed by atoms with Crippen molar-refractivity contribution in [3.05, 3.63) is 0 Å². The van der Waals surface area contributed by atoms with E-state index in [9.17, 15) is 4.79 Å². The maximum atomic E-state index is 10.7. The molecular weight excluding hydrogens is 172 g/mol. The van der Waals surface area contributed by atoms with Crippen LogP contribution in [-0.2, 0) is 4.79 Å². The van der Waals surface area contributed by atoms with Gasteiger partial charge in [0.1, 0.15) is 0 Å². The number of hydrogen-bond acceptors (Lipinski definition) is 3. The summed E-state index contributed by atoms with van der Waals surface area (Å²) in [7, 11) is 0. The molecule has 1 heterocycles. The van der Waals surface area contributed by atoms with E-state index in [1.807, 2.05) is 18.7 Å². The summed E-state index contributed by atoms with van der Waals surface area (Å²) in [6.45, 7) is 2.74. The van der Waals surface area contributed by atoms with E-state index in [2.05, 4.69) is 5.32 Å². The molecule has 1 amide bonds. The molecule has 1 saturated heterocycles. The van der Waals surface area contributed by atoms with Gasteiger partial charge < -0.3 is 11.1 Å². The summed E-state index contributed by atoms with van der Waals surface area (Å²) in [6.07, 6.45) is 1.27. The van der Waals surface area contributed by atoms with Gasteiger partial charge >= 0.3 is 0 Å². The number of amides is 1. The molecule has 0 aromatic carbocycles. The highest BCUT2D eigenvalue weighted by Gasteiger charge is 2.16. The maximum Gasteiger partial charge on any atom is 0.234 e. The topological polar surface area (TPSA) is 55.1 Å². The molecule has 2 unspecified atom stereocenters.